The highest BCUT2D eigenvalue weighted by molar-refractivity contribution is 9.10. The van der Waals surface area contributed by atoms with Crippen molar-refractivity contribution in [3.63, 3.8) is 0 Å². The van der Waals surface area contributed by atoms with Crippen LogP contribution in [0.2, 0.25) is 0 Å². The molecule has 2 rings (SSSR count). The van der Waals surface area contributed by atoms with Crippen molar-refractivity contribution in [3.05, 3.63) is 51.0 Å². The van der Waals surface area contributed by atoms with Gasteiger partial charge in [0.25, 0.3) is 0 Å². The molecule has 1 aromatic heterocycles. The molecule has 3 nitrogen and oxygen atoms in total. The molecule has 0 saturated heterocycles. The third-order valence-corrected chi connectivity index (χ3v) is 4.25. The van der Waals surface area contributed by atoms with E-state index in [0.29, 0.717) is 12.1 Å². The van der Waals surface area contributed by atoms with Crippen LogP contribution in [-0.2, 0) is 6.54 Å². The van der Waals surface area contributed by atoms with E-state index < -0.39 is 0 Å². The maximum absolute atomic E-state index is 13.5. The number of aromatic nitrogens is 2. The average molecular weight is 342 g/mol. The standard InChI is InChI=1S/C13H13BrFN3S/c1-7-12(14)8(2)18(17-7)6-9-3-10(13(16)19)5-11(15)4-9/h3-5H,6H2,1-2H3,(H2,16,19). The second kappa shape index (κ2) is 5.38. The van der Waals surface area contributed by atoms with E-state index in [1.807, 2.05) is 18.5 Å². The van der Waals surface area contributed by atoms with E-state index in [1.165, 1.54) is 12.1 Å². The number of nitrogens with two attached hydrogens (primary N) is 1. The van der Waals surface area contributed by atoms with Gasteiger partial charge in [-0.05, 0) is 53.5 Å². The predicted octanol–water partition coefficient (Wildman–Crippen LogP) is 3.08. The molecule has 0 fully saturated rings. The summed E-state index contributed by atoms with van der Waals surface area (Å²) in [7, 11) is 0. The molecule has 2 N–H and O–H groups in total. The number of hydrogen-bond acceptors (Lipinski definition) is 2. The molecule has 0 bridgehead atoms. The Kier molecular flexibility index (Phi) is 4.01. The fourth-order valence-corrected chi connectivity index (χ4v) is 2.29. The largest absolute Gasteiger partial charge is 0.389 e. The number of aryl methyl sites for hydroxylation is 1. The third-order valence-electron chi connectivity index (χ3n) is 2.87. The van der Waals surface area contributed by atoms with Crippen LogP contribution in [0.1, 0.15) is 22.5 Å². The fraction of sp³-hybridized carbons (Fsp3) is 0.231. The molecule has 0 spiro atoms. The monoisotopic (exact) mass is 341 g/mol. The van der Waals surface area contributed by atoms with E-state index in [0.717, 1.165) is 21.4 Å². The van der Waals surface area contributed by atoms with Crippen LogP contribution >= 0.6 is 28.1 Å². The van der Waals surface area contributed by atoms with E-state index in [2.05, 4.69) is 21.0 Å². The van der Waals surface area contributed by atoms with Crippen LogP contribution in [0.15, 0.2) is 22.7 Å². The molecule has 0 saturated carbocycles. The van der Waals surface area contributed by atoms with Crippen molar-refractivity contribution in [1.29, 1.82) is 0 Å². The van der Waals surface area contributed by atoms with Crippen LogP contribution in [0.5, 0.6) is 0 Å². The average Bonchev–Trinajstić information content (AvgIpc) is 2.56. The second-order valence-corrected chi connectivity index (χ2v) is 5.59. The van der Waals surface area contributed by atoms with E-state index in [9.17, 15) is 4.39 Å². The topological polar surface area (TPSA) is 43.8 Å². The second-order valence-electron chi connectivity index (χ2n) is 4.35. The van der Waals surface area contributed by atoms with Crippen molar-refractivity contribution in [1.82, 2.24) is 9.78 Å². The lowest BCUT2D eigenvalue weighted by atomic mass is 10.1. The summed E-state index contributed by atoms with van der Waals surface area (Å²) in [6, 6.07) is 4.59. The van der Waals surface area contributed by atoms with Crippen molar-refractivity contribution >= 4 is 33.1 Å². The highest BCUT2D eigenvalue weighted by Crippen LogP contribution is 2.21. The normalized spacial score (nSPS) is 10.7. The van der Waals surface area contributed by atoms with E-state index in [1.54, 1.807) is 6.07 Å². The van der Waals surface area contributed by atoms with Crippen LogP contribution in [0, 0.1) is 19.7 Å². The molecular formula is C13H13BrFN3S. The van der Waals surface area contributed by atoms with Gasteiger partial charge in [-0.15, -0.1) is 0 Å². The zero-order chi connectivity index (χ0) is 14.2. The predicted molar refractivity (Wildman–Crippen MR) is 80.8 cm³/mol. The Morgan fingerprint density at radius 1 is 1.42 bits per heavy atom. The number of benzene rings is 1. The highest BCUT2D eigenvalue weighted by atomic mass is 79.9. The summed E-state index contributed by atoms with van der Waals surface area (Å²) in [5.41, 5.74) is 8.75. The lowest BCUT2D eigenvalue weighted by Crippen LogP contribution is -2.11. The molecule has 0 atom stereocenters. The van der Waals surface area contributed by atoms with Crippen molar-refractivity contribution in [2.75, 3.05) is 0 Å². The number of nitrogens with zero attached hydrogens (tertiary/aromatic N) is 2. The fourth-order valence-electron chi connectivity index (χ4n) is 1.89. The zero-order valence-corrected chi connectivity index (χ0v) is 13.0. The maximum Gasteiger partial charge on any atom is 0.124 e. The minimum absolute atomic E-state index is 0.190. The minimum Gasteiger partial charge on any atom is -0.389 e. The van der Waals surface area contributed by atoms with Crippen LogP contribution in [0.3, 0.4) is 0 Å². The molecule has 19 heavy (non-hydrogen) atoms. The first kappa shape index (κ1) is 14.1. The number of thiocarbonyl (C=S) groups is 1. The summed E-state index contributed by atoms with van der Waals surface area (Å²) in [6.45, 7) is 4.35. The van der Waals surface area contributed by atoms with Gasteiger partial charge >= 0.3 is 0 Å². The van der Waals surface area contributed by atoms with Gasteiger partial charge in [0.05, 0.1) is 22.4 Å². The SMILES string of the molecule is Cc1nn(Cc2cc(F)cc(C(N)=S)c2)c(C)c1Br. The Morgan fingerprint density at radius 2 is 2.11 bits per heavy atom. The summed E-state index contributed by atoms with van der Waals surface area (Å²) >= 11 is 8.35. The smallest absolute Gasteiger partial charge is 0.124 e. The Hall–Kier alpha value is -1.27. The van der Waals surface area contributed by atoms with Crippen molar-refractivity contribution in [2.45, 2.75) is 20.4 Å². The van der Waals surface area contributed by atoms with Crippen LogP contribution < -0.4 is 5.73 Å². The lowest BCUT2D eigenvalue weighted by molar-refractivity contribution is 0.615. The van der Waals surface area contributed by atoms with Crippen LogP contribution in [0.25, 0.3) is 0 Å². The molecule has 0 aliphatic carbocycles. The van der Waals surface area contributed by atoms with Gasteiger partial charge in [0.15, 0.2) is 0 Å². The van der Waals surface area contributed by atoms with E-state index in [4.69, 9.17) is 18.0 Å². The highest BCUT2D eigenvalue weighted by Gasteiger charge is 2.10. The Balaban J connectivity index is 2.38. The third kappa shape index (κ3) is 3.01. The van der Waals surface area contributed by atoms with Gasteiger partial charge in [0.2, 0.25) is 0 Å². The lowest BCUT2D eigenvalue weighted by Gasteiger charge is -2.07. The Bertz CT molecular complexity index is 652. The van der Waals surface area contributed by atoms with Crippen LogP contribution in [0.4, 0.5) is 4.39 Å². The quantitative estimate of drug-likeness (QED) is 0.872. The summed E-state index contributed by atoms with van der Waals surface area (Å²) in [4.78, 5) is 0.190. The van der Waals surface area contributed by atoms with Crippen molar-refractivity contribution in [2.24, 2.45) is 5.73 Å². The molecule has 1 heterocycles. The van der Waals surface area contributed by atoms with Crippen LogP contribution in [-0.4, -0.2) is 14.8 Å². The Morgan fingerprint density at radius 3 is 2.63 bits per heavy atom. The summed E-state index contributed by atoms with van der Waals surface area (Å²) < 4.78 is 16.3. The minimum atomic E-state index is -0.346. The molecular weight excluding hydrogens is 329 g/mol. The van der Waals surface area contributed by atoms with Gasteiger partial charge in [-0.3, -0.25) is 4.68 Å². The molecule has 100 valence electrons. The molecule has 0 amide bonds. The van der Waals surface area contributed by atoms with Gasteiger partial charge in [0, 0.05) is 5.56 Å². The molecule has 0 aliphatic heterocycles. The number of rotatable bonds is 3. The zero-order valence-electron chi connectivity index (χ0n) is 10.6. The summed E-state index contributed by atoms with van der Waals surface area (Å²) in [6.07, 6.45) is 0. The summed E-state index contributed by atoms with van der Waals surface area (Å²) in [5, 5.41) is 4.39. The van der Waals surface area contributed by atoms with Gasteiger partial charge in [0.1, 0.15) is 10.8 Å². The van der Waals surface area contributed by atoms with Gasteiger partial charge in [-0.2, -0.15) is 5.10 Å². The molecule has 6 heteroatoms. The molecule has 2 aromatic rings. The molecule has 0 aliphatic rings. The van der Waals surface area contributed by atoms with Gasteiger partial charge < -0.3 is 5.73 Å². The van der Waals surface area contributed by atoms with E-state index >= 15 is 0 Å². The summed E-state index contributed by atoms with van der Waals surface area (Å²) in [5.74, 6) is -0.346. The number of halogens is 2. The van der Waals surface area contributed by atoms with Crippen molar-refractivity contribution in [3.8, 4) is 0 Å². The first-order valence-electron chi connectivity index (χ1n) is 5.67. The first-order valence-corrected chi connectivity index (χ1v) is 6.87. The Labute approximate surface area is 124 Å². The van der Waals surface area contributed by atoms with Crippen molar-refractivity contribution < 1.29 is 4.39 Å². The maximum atomic E-state index is 13.5. The number of hydrogen-bond donors (Lipinski definition) is 1. The molecule has 0 unspecified atom stereocenters. The van der Waals surface area contributed by atoms with E-state index in [-0.39, 0.29) is 10.8 Å². The van der Waals surface area contributed by atoms with Gasteiger partial charge in [-0.25, -0.2) is 4.39 Å². The molecule has 0 radical (unpaired) electrons. The molecule has 1 aromatic carbocycles. The first-order chi connectivity index (χ1) is 8.88. The van der Waals surface area contributed by atoms with Gasteiger partial charge in [-0.1, -0.05) is 12.2 Å².